The van der Waals surface area contributed by atoms with Gasteiger partial charge in [0.25, 0.3) is 0 Å². The first-order valence-electron chi connectivity index (χ1n) is 12.0. The molecular weight excluding hydrogens is 420 g/mol. The molecule has 2 saturated heterocycles. The van der Waals surface area contributed by atoms with Crippen LogP contribution in [0, 0.1) is 23.5 Å². The molecule has 2 aromatic rings. The van der Waals surface area contributed by atoms with Crippen molar-refractivity contribution < 1.29 is 13.6 Å². The minimum Gasteiger partial charge on any atom is -0.351 e. The maximum absolute atomic E-state index is 14.8. The second kappa shape index (κ2) is 9.13. The number of anilines is 1. The maximum atomic E-state index is 14.8. The van der Waals surface area contributed by atoms with Gasteiger partial charge in [-0.05, 0) is 71.2 Å². The number of halogens is 2. The zero-order valence-corrected chi connectivity index (χ0v) is 20.3. The van der Waals surface area contributed by atoms with Crippen molar-refractivity contribution in [3.05, 3.63) is 59.8 Å². The molecule has 33 heavy (non-hydrogen) atoms. The van der Waals surface area contributed by atoms with E-state index in [4.69, 9.17) is 0 Å². The Kier molecular flexibility index (Phi) is 6.59. The zero-order chi connectivity index (χ0) is 23.9. The molecule has 2 aliphatic heterocycles. The average molecular weight is 456 g/mol. The monoisotopic (exact) mass is 455 g/mol. The fourth-order valence-corrected chi connectivity index (χ4v) is 5.83. The summed E-state index contributed by atoms with van der Waals surface area (Å²) >= 11 is 0. The predicted octanol–water partition coefficient (Wildman–Crippen LogP) is 5.44. The van der Waals surface area contributed by atoms with Gasteiger partial charge in [0.1, 0.15) is 23.2 Å². The van der Waals surface area contributed by atoms with E-state index in [2.05, 4.69) is 49.4 Å². The van der Waals surface area contributed by atoms with Gasteiger partial charge in [0.05, 0.1) is 0 Å². The summed E-state index contributed by atoms with van der Waals surface area (Å²) in [5.41, 5.74) is 0.320. The van der Waals surface area contributed by atoms with Crippen LogP contribution >= 0.6 is 0 Å². The molecule has 5 atom stereocenters. The van der Waals surface area contributed by atoms with E-state index in [0.29, 0.717) is 18.7 Å². The molecule has 2 fully saturated rings. The topological polar surface area (TPSA) is 36.4 Å². The molecule has 2 aliphatic rings. The third-order valence-corrected chi connectivity index (χ3v) is 7.51. The van der Waals surface area contributed by atoms with E-state index in [-0.39, 0.29) is 41.2 Å². The number of carbonyl (C=O) groups is 1. The smallest absolute Gasteiger partial charge is 0.141 e. The van der Waals surface area contributed by atoms with E-state index in [9.17, 15) is 13.6 Å². The number of likely N-dealkylation sites (tertiary alicyclic amines) is 1. The number of pyridine rings is 1. The summed E-state index contributed by atoms with van der Waals surface area (Å²) in [7, 11) is 0. The fourth-order valence-electron chi connectivity index (χ4n) is 5.83. The number of benzene rings is 1. The van der Waals surface area contributed by atoms with Gasteiger partial charge in [-0.2, -0.15) is 0 Å². The van der Waals surface area contributed by atoms with Crippen LogP contribution < -0.4 is 4.90 Å². The third-order valence-electron chi connectivity index (χ3n) is 7.51. The Morgan fingerprint density at radius 2 is 1.73 bits per heavy atom. The van der Waals surface area contributed by atoms with Crippen LogP contribution in [0.5, 0.6) is 0 Å². The SMILES string of the molecule is C[C@@H]1CC(C(=O)[C@H]2CN(C(C)(C)C)C[C@@H]2c2ccc(F)cc2F)C[C@H](C)N1c1ccccn1. The van der Waals surface area contributed by atoms with Gasteiger partial charge in [0, 0.05) is 60.7 Å². The van der Waals surface area contributed by atoms with Gasteiger partial charge in [-0.25, -0.2) is 13.8 Å². The summed E-state index contributed by atoms with van der Waals surface area (Å²) in [6.45, 7) is 11.9. The fraction of sp³-hybridized carbons (Fsp3) is 0.556. The second-order valence-electron chi connectivity index (χ2n) is 10.8. The largest absolute Gasteiger partial charge is 0.351 e. The highest BCUT2D eigenvalue weighted by Crippen LogP contribution is 2.41. The number of piperidine rings is 1. The van der Waals surface area contributed by atoms with Gasteiger partial charge in [-0.15, -0.1) is 0 Å². The normalized spacial score (nSPS) is 28.8. The van der Waals surface area contributed by atoms with Gasteiger partial charge >= 0.3 is 0 Å². The number of rotatable bonds is 4. The van der Waals surface area contributed by atoms with Crippen LogP contribution in [0.4, 0.5) is 14.6 Å². The maximum Gasteiger partial charge on any atom is 0.141 e. The van der Waals surface area contributed by atoms with Crippen molar-refractivity contribution >= 4 is 11.6 Å². The van der Waals surface area contributed by atoms with Gasteiger partial charge in [0.2, 0.25) is 0 Å². The number of hydrogen-bond donors (Lipinski definition) is 0. The lowest BCUT2D eigenvalue weighted by Crippen LogP contribution is -2.50. The van der Waals surface area contributed by atoms with Crippen LogP contribution in [0.15, 0.2) is 42.6 Å². The Labute approximate surface area is 196 Å². The van der Waals surface area contributed by atoms with Crippen molar-refractivity contribution in [1.82, 2.24) is 9.88 Å². The molecule has 0 bridgehead atoms. The molecule has 0 aliphatic carbocycles. The summed E-state index contributed by atoms with van der Waals surface area (Å²) in [5.74, 6) is -0.628. The molecule has 3 heterocycles. The van der Waals surface area contributed by atoms with Crippen molar-refractivity contribution in [2.45, 2.75) is 71.0 Å². The highest BCUT2D eigenvalue weighted by atomic mass is 19.1. The Morgan fingerprint density at radius 1 is 1.03 bits per heavy atom. The molecule has 178 valence electrons. The summed E-state index contributed by atoms with van der Waals surface area (Å²) in [4.78, 5) is 23.0. The van der Waals surface area contributed by atoms with Crippen molar-refractivity contribution in [2.75, 3.05) is 18.0 Å². The Hall–Kier alpha value is -2.34. The summed E-state index contributed by atoms with van der Waals surface area (Å²) in [6.07, 6.45) is 3.31. The van der Waals surface area contributed by atoms with Crippen molar-refractivity contribution in [2.24, 2.45) is 11.8 Å². The Bertz CT molecular complexity index is 979. The molecule has 4 nitrogen and oxygen atoms in total. The van der Waals surface area contributed by atoms with Crippen LogP contribution in [-0.4, -0.2) is 46.4 Å². The van der Waals surface area contributed by atoms with Crippen molar-refractivity contribution in [1.29, 1.82) is 0 Å². The Morgan fingerprint density at radius 3 is 2.30 bits per heavy atom. The summed E-state index contributed by atoms with van der Waals surface area (Å²) in [5, 5.41) is 0. The van der Waals surface area contributed by atoms with E-state index in [0.717, 1.165) is 24.7 Å². The quantitative estimate of drug-likeness (QED) is 0.615. The molecule has 0 saturated carbocycles. The van der Waals surface area contributed by atoms with Crippen molar-refractivity contribution in [3.63, 3.8) is 0 Å². The number of nitrogens with zero attached hydrogens (tertiary/aromatic N) is 3. The highest BCUT2D eigenvalue weighted by Gasteiger charge is 2.46. The lowest BCUT2D eigenvalue weighted by Gasteiger charge is -2.43. The highest BCUT2D eigenvalue weighted by molar-refractivity contribution is 5.85. The standard InChI is InChI=1S/C27H35F2N3O/c1-17-12-19(13-18(2)32(17)25-8-6-7-11-30-25)26(33)23-16-31(27(3,4)5)15-22(23)21-10-9-20(28)14-24(21)29/h6-11,14,17-19,22-23H,12-13,15-16H2,1-5H3/t17-,18+,19?,22-,23+/m1/s1. The molecular formula is C27H35F2N3O. The van der Waals surface area contributed by atoms with Gasteiger partial charge in [0.15, 0.2) is 0 Å². The minimum atomic E-state index is -0.589. The molecule has 4 rings (SSSR count). The second-order valence-corrected chi connectivity index (χ2v) is 10.8. The van der Waals surface area contributed by atoms with Gasteiger partial charge in [-0.3, -0.25) is 9.69 Å². The Balaban J connectivity index is 1.58. The zero-order valence-electron chi connectivity index (χ0n) is 20.3. The number of aromatic nitrogens is 1. The first kappa shape index (κ1) is 23.8. The van der Waals surface area contributed by atoms with Crippen LogP contribution in [0.25, 0.3) is 0 Å². The van der Waals surface area contributed by atoms with E-state index in [1.54, 1.807) is 6.20 Å². The minimum absolute atomic E-state index is 0.0779. The van der Waals surface area contributed by atoms with Gasteiger partial charge < -0.3 is 4.90 Å². The summed E-state index contributed by atoms with van der Waals surface area (Å²) in [6, 6.07) is 10.0. The number of ketones is 1. The van der Waals surface area contributed by atoms with Crippen LogP contribution in [0.1, 0.15) is 58.9 Å². The van der Waals surface area contributed by atoms with Gasteiger partial charge in [-0.1, -0.05) is 12.1 Å². The van der Waals surface area contributed by atoms with E-state index in [1.165, 1.54) is 12.1 Å². The molecule has 0 N–H and O–H groups in total. The van der Waals surface area contributed by atoms with Crippen molar-refractivity contribution in [3.8, 4) is 0 Å². The molecule has 1 aromatic carbocycles. The first-order valence-corrected chi connectivity index (χ1v) is 12.0. The van der Waals surface area contributed by atoms with E-state index < -0.39 is 11.6 Å². The molecule has 0 amide bonds. The van der Waals surface area contributed by atoms with E-state index in [1.807, 2.05) is 18.2 Å². The lowest BCUT2D eigenvalue weighted by atomic mass is 9.76. The molecule has 1 aromatic heterocycles. The van der Waals surface area contributed by atoms with Crippen LogP contribution in [-0.2, 0) is 4.79 Å². The number of hydrogen-bond acceptors (Lipinski definition) is 4. The molecule has 0 radical (unpaired) electrons. The van der Waals surface area contributed by atoms with Crippen LogP contribution in [0.3, 0.4) is 0 Å². The predicted molar refractivity (Wildman–Crippen MR) is 127 cm³/mol. The third kappa shape index (κ3) is 4.81. The summed E-state index contributed by atoms with van der Waals surface area (Å²) < 4.78 is 28.4. The lowest BCUT2D eigenvalue weighted by molar-refractivity contribution is -0.128. The first-order chi connectivity index (χ1) is 15.6. The van der Waals surface area contributed by atoms with E-state index >= 15 is 0 Å². The molecule has 1 unspecified atom stereocenters. The average Bonchev–Trinajstić information content (AvgIpc) is 3.19. The number of carbonyl (C=O) groups excluding carboxylic acids is 1. The number of Topliss-reactive ketones (excluding diaryl/α,β-unsaturated/α-hetero) is 1. The molecule has 6 heteroatoms. The van der Waals surface area contributed by atoms with Crippen LogP contribution in [0.2, 0.25) is 0 Å². The molecule has 0 spiro atoms.